The number of carbonyl (C=O) groups is 4. The van der Waals surface area contributed by atoms with Crippen molar-refractivity contribution in [2.45, 2.75) is 76.0 Å². The quantitative estimate of drug-likeness (QED) is 0.115. The molecule has 8 aliphatic rings. The van der Waals surface area contributed by atoms with Crippen molar-refractivity contribution in [3.05, 3.63) is 106 Å². The lowest BCUT2D eigenvalue weighted by molar-refractivity contribution is -0.00287. The minimum atomic E-state index is -1.38. The van der Waals surface area contributed by atoms with Gasteiger partial charge in [0.25, 0.3) is 0 Å². The van der Waals surface area contributed by atoms with Gasteiger partial charge in [-0.2, -0.15) is 0 Å². The van der Waals surface area contributed by atoms with Crippen molar-refractivity contribution < 1.29 is 49.1 Å². The molecule has 0 aromatic heterocycles. The predicted octanol–water partition coefficient (Wildman–Crippen LogP) is 10.8. The van der Waals surface area contributed by atoms with E-state index in [1.54, 1.807) is 0 Å². The van der Waals surface area contributed by atoms with Crippen LogP contribution in [0.25, 0.3) is 11.1 Å². The molecular weight excluding hydrogens is 737 g/mol. The summed E-state index contributed by atoms with van der Waals surface area (Å²) in [5, 5.41) is 39.3. The lowest BCUT2D eigenvalue weighted by Crippen LogP contribution is -2.43. The van der Waals surface area contributed by atoms with Crippen LogP contribution < -0.4 is 9.47 Å². The summed E-state index contributed by atoms with van der Waals surface area (Å²) in [6.07, 6.45) is 12.5. The Hall–Kier alpha value is -5.64. The van der Waals surface area contributed by atoms with Crippen molar-refractivity contribution >= 4 is 23.9 Å². The molecule has 12 rings (SSSR count). The van der Waals surface area contributed by atoms with Crippen molar-refractivity contribution in [2.24, 2.45) is 47.3 Å². The first-order valence-electron chi connectivity index (χ1n) is 20.8. The van der Waals surface area contributed by atoms with E-state index in [9.17, 15) is 39.6 Å². The molecule has 4 aromatic rings. The van der Waals surface area contributed by atoms with Crippen LogP contribution in [-0.2, 0) is 0 Å². The van der Waals surface area contributed by atoms with Gasteiger partial charge in [-0.3, -0.25) is 0 Å². The van der Waals surface area contributed by atoms with Crippen LogP contribution >= 0.6 is 0 Å². The minimum absolute atomic E-state index is 0.168. The van der Waals surface area contributed by atoms with Gasteiger partial charge in [0.1, 0.15) is 23.0 Å². The normalized spacial score (nSPS) is 29.9. The number of carboxylic acid groups (broad SMARTS) is 4. The Kier molecular flexibility index (Phi) is 8.87. The molecule has 10 nitrogen and oxygen atoms in total. The Morgan fingerprint density at radius 3 is 1.03 bits per heavy atom. The summed E-state index contributed by atoms with van der Waals surface area (Å²) in [5.74, 6) is 2.04. The van der Waals surface area contributed by atoms with Crippen LogP contribution in [0, 0.1) is 47.3 Å². The molecule has 8 bridgehead atoms. The molecule has 10 heteroatoms. The molecule has 0 amide bonds. The Morgan fingerprint density at radius 1 is 0.397 bits per heavy atom. The monoisotopic (exact) mass is 782 g/mol. The van der Waals surface area contributed by atoms with E-state index in [1.807, 2.05) is 12.1 Å². The third-order valence-corrected chi connectivity index (χ3v) is 14.9. The maximum absolute atomic E-state index is 12.2. The smallest absolute Gasteiger partial charge is 0.336 e. The third-order valence-electron chi connectivity index (χ3n) is 14.9. The lowest BCUT2D eigenvalue weighted by Gasteiger charge is -2.55. The van der Waals surface area contributed by atoms with E-state index in [2.05, 4.69) is 24.3 Å². The summed E-state index contributed by atoms with van der Waals surface area (Å²) < 4.78 is 13.1. The second kappa shape index (κ2) is 14.0. The topological polar surface area (TPSA) is 168 Å². The van der Waals surface area contributed by atoms with Crippen LogP contribution in [0.15, 0.2) is 72.8 Å². The van der Waals surface area contributed by atoms with E-state index in [0.29, 0.717) is 47.0 Å². The van der Waals surface area contributed by atoms with Gasteiger partial charge in [-0.25, -0.2) is 19.2 Å². The molecule has 8 aliphatic carbocycles. The second-order valence-corrected chi connectivity index (χ2v) is 18.3. The first-order valence-corrected chi connectivity index (χ1v) is 20.8. The van der Waals surface area contributed by atoms with Crippen LogP contribution in [0.5, 0.6) is 23.0 Å². The van der Waals surface area contributed by atoms with Crippen LogP contribution in [0.4, 0.5) is 0 Å². The zero-order valence-electron chi connectivity index (χ0n) is 32.0. The van der Waals surface area contributed by atoms with Gasteiger partial charge in [-0.15, -0.1) is 0 Å². The molecule has 0 unspecified atom stereocenters. The van der Waals surface area contributed by atoms with Crippen LogP contribution in [0.2, 0.25) is 0 Å². The van der Waals surface area contributed by atoms with Crippen molar-refractivity contribution in [3.63, 3.8) is 0 Å². The van der Waals surface area contributed by atoms with Gasteiger partial charge in [-0.05, 0) is 195 Å². The standard InChI is InChI=1S/C48H46O10/c49-45(50)35-5-3-33(21-39(35)47(53)54)57-41-7-1-27(43-29-11-23-9-24(13-29)14-30(43)12-23)19-37(41)38-20-28(44-31-15-25-10-26(17-31)18-32(44)16-25)2-8-42(38)58-34-4-6-36(46(51)52)40(22-34)48(55)56/h1-8,19-26,29-32,43-44H,9-18H2,(H,49,50)(H,51,52)(H,53,54)(H,55,56). The highest BCUT2D eigenvalue weighted by atomic mass is 16.5. The van der Waals surface area contributed by atoms with Gasteiger partial charge >= 0.3 is 23.9 Å². The molecule has 0 aliphatic heterocycles. The lowest BCUT2D eigenvalue weighted by atomic mass is 9.50. The van der Waals surface area contributed by atoms with E-state index in [0.717, 1.165) is 34.8 Å². The molecule has 0 saturated heterocycles. The summed E-state index contributed by atoms with van der Waals surface area (Å²) in [6.45, 7) is 0. The average molecular weight is 783 g/mol. The van der Waals surface area contributed by atoms with E-state index in [1.165, 1.54) is 112 Å². The maximum atomic E-state index is 12.2. The van der Waals surface area contributed by atoms with Crippen LogP contribution in [0.3, 0.4) is 0 Å². The predicted molar refractivity (Wildman–Crippen MR) is 212 cm³/mol. The fourth-order valence-corrected chi connectivity index (χ4v) is 13.2. The zero-order valence-corrected chi connectivity index (χ0v) is 32.0. The molecule has 4 N–H and O–H groups in total. The van der Waals surface area contributed by atoms with E-state index in [-0.39, 0.29) is 33.8 Å². The summed E-state index contributed by atoms with van der Waals surface area (Å²) in [5.41, 5.74) is 2.44. The number of carboxylic acids is 4. The number of rotatable bonds is 11. The first kappa shape index (κ1) is 36.7. The van der Waals surface area contributed by atoms with Crippen molar-refractivity contribution in [3.8, 4) is 34.1 Å². The first-order chi connectivity index (χ1) is 27.9. The highest BCUT2D eigenvalue weighted by Gasteiger charge is 2.50. The van der Waals surface area contributed by atoms with Gasteiger partial charge in [-0.1, -0.05) is 12.1 Å². The molecule has 0 radical (unpaired) electrons. The van der Waals surface area contributed by atoms with E-state index < -0.39 is 23.9 Å². The number of aromatic carboxylic acids is 4. The SMILES string of the molecule is O=C(O)c1ccc(Oc2ccc(C3C4CC5CC(C4)CC3C5)cc2-c2cc(C3C4CC5CC(C4)CC3C5)ccc2Oc2ccc(C(=O)O)c(C(=O)O)c2)cc1C(=O)O. The second-order valence-electron chi connectivity index (χ2n) is 18.3. The zero-order chi connectivity index (χ0) is 40.0. The molecule has 0 spiro atoms. The van der Waals surface area contributed by atoms with Gasteiger partial charge in [0.2, 0.25) is 0 Å². The Bertz CT molecular complexity index is 2160. The molecule has 298 valence electrons. The number of hydrogen-bond acceptors (Lipinski definition) is 6. The molecular formula is C48H46O10. The molecule has 0 heterocycles. The largest absolute Gasteiger partial charge is 0.478 e. The Labute approximate surface area is 335 Å². The fourth-order valence-electron chi connectivity index (χ4n) is 13.2. The fraction of sp³-hybridized carbons (Fsp3) is 0.417. The summed E-state index contributed by atoms with van der Waals surface area (Å²) in [6, 6.07) is 20.4. The van der Waals surface area contributed by atoms with E-state index >= 15 is 0 Å². The Balaban J connectivity index is 1.13. The van der Waals surface area contributed by atoms with E-state index in [4.69, 9.17) is 9.47 Å². The summed E-state index contributed by atoms with van der Waals surface area (Å²) in [4.78, 5) is 48.2. The number of hydrogen-bond donors (Lipinski definition) is 4. The average Bonchev–Trinajstić information content (AvgIpc) is 3.18. The third kappa shape index (κ3) is 6.41. The molecule has 0 atom stereocenters. The van der Waals surface area contributed by atoms with Crippen LogP contribution in [0.1, 0.15) is 129 Å². The summed E-state index contributed by atoms with van der Waals surface area (Å²) >= 11 is 0. The minimum Gasteiger partial charge on any atom is -0.478 e. The van der Waals surface area contributed by atoms with Crippen molar-refractivity contribution in [1.82, 2.24) is 0 Å². The molecule has 8 saturated carbocycles. The Morgan fingerprint density at radius 2 is 0.724 bits per heavy atom. The van der Waals surface area contributed by atoms with Gasteiger partial charge in [0.15, 0.2) is 0 Å². The van der Waals surface area contributed by atoms with Gasteiger partial charge in [0, 0.05) is 11.1 Å². The molecule has 58 heavy (non-hydrogen) atoms. The molecule has 4 aromatic carbocycles. The van der Waals surface area contributed by atoms with Gasteiger partial charge in [0.05, 0.1) is 22.3 Å². The highest BCUT2D eigenvalue weighted by Crippen LogP contribution is 2.62. The molecule has 8 fully saturated rings. The van der Waals surface area contributed by atoms with Crippen molar-refractivity contribution in [1.29, 1.82) is 0 Å². The summed E-state index contributed by atoms with van der Waals surface area (Å²) in [7, 11) is 0. The highest BCUT2D eigenvalue weighted by molar-refractivity contribution is 6.02. The number of benzene rings is 4. The van der Waals surface area contributed by atoms with Gasteiger partial charge < -0.3 is 29.9 Å². The number of ether oxygens (including phenoxy) is 2. The van der Waals surface area contributed by atoms with Crippen molar-refractivity contribution in [2.75, 3.05) is 0 Å². The van der Waals surface area contributed by atoms with Crippen LogP contribution in [-0.4, -0.2) is 44.3 Å². The maximum Gasteiger partial charge on any atom is 0.336 e.